The van der Waals surface area contributed by atoms with Crippen molar-refractivity contribution in [3.8, 4) is 0 Å². The van der Waals surface area contributed by atoms with E-state index in [4.69, 9.17) is 0 Å². The first-order chi connectivity index (χ1) is 13.0. The van der Waals surface area contributed by atoms with Gasteiger partial charge in [0.15, 0.2) is 5.16 Å². The Kier molecular flexibility index (Phi) is 5.85. The number of fused-ring (bicyclic) bond motifs is 1. The number of para-hydroxylation sites is 1. The molecule has 0 saturated carbocycles. The Balaban J connectivity index is 1.59. The van der Waals surface area contributed by atoms with Crippen molar-refractivity contribution >= 4 is 28.6 Å². The minimum Gasteiger partial charge on any atom is -0.355 e. The third-order valence-electron chi connectivity index (χ3n) is 4.03. The quantitative estimate of drug-likeness (QED) is 0.520. The van der Waals surface area contributed by atoms with Gasteiger partial charge in [-0.25, -0.2) is 13.8 Å². The molecule has 0 bridgehead atoms. The summed E-state index contributed by atoms with van der Waals surface area (Å²) in [6, 6.07) is 10.7. The number of halogens is 2. The van der Waals surface area contributed by atoms with E-state index in [-0.39, 0.29) is 35.7 Å². The molecular weight excluding hydrogens is 372 g/mol. The predicted molar refractivity (Wildman–Crippen MR) is 101 cm³/mol. The van der Waals surface area contributed by atoms with Crippen LogP contribution in [0, 0.1) is 11.6 Å². The van der Waals surface area contributed by atoms with E-state index >= 15 is 0 Å². The summed E-state index contributed by atoms with van der Waals surface area (Å²) in [5, 5.41) is 3.56. The van der Waals surface area contributed by atoms with Crippen LogP contribution in [0.4, 0.5) is 8.78 Å². The van der Waals surface area contributed by atoms with Crippen LogP contribution >= 0.6 is 11.8 Å². The molecule has 0 radical (unpaired) electrons. The lowest BCUT2D eigenvalue weighted by Gasteiger charge is -2.09. The molecule has 1 amide bonds. The second-order valence-electron chi connectivity index (χ2n) is 5.86. The van der Waals surface area contributed by atoms with Gasteiger partial charge in [-0.15, -0.1) is 0 Å². The Morgan fingerprint density at radius 3 is 2.59 bits per heavy atom. The highest BCUT2D eigenvalue weighted by Gasteiger charge is 2.12. The molecule has 0 aliphatic rings. The largest absolute Gasteiger partial charge is 0.355 e. The number of hydrogen-bond acceptors (Lipinski definition) is 4. The van der Waals surface area contributed by atoms with Crippen LogP contribution in [0.2, 0.25) is 0 Å². The van der Waals surface area contributed by atoms with Crippen LogP contribution in [0.3, 0.4) is 0 Å². The maximum atomic E-state index is 13.6. The van der Waals surface area contributed by atoms with Gasteiger partial charge in [0.25, 0.3) is 5.56 Å². The van der Waals surface area contributed by atoms with E-state index < -0.39 is 11.6 Å². The van der Waals surface area contributed by atoms with E-state index in [1.165, 1.54) is 22.8 Å². The summed E-state index contributed by atoms with van der Waals surface area (Å²) in [7, 11) is 1.60. The van der Waals surface area contributed by atoms with Gasteiger partial charge in [-0.1, -0.05) is 30.0 Å². The lowest BCUT2D eigenvalue weighted by molar-refractivity contribution is -0.118. The monoisotopic (exact) mass is 389 g/mol. The van der Waals surface area contributed by atoms with Gasteiger partial charge in [0, 0.05) is 19.2 Å². The van der Waals surface area contributed by atoms with Crippen molar-refractivity contribution in [2.24, 2.45) is 7.05 Å². The Morgan fingerprint density at radius 1 is 1.15 bits per heavy atom. The number of nitrogens with zero attached hydrogens (tertiary/aromatic N) is 2. The fourth-order valence-corrected chi connectivity index (χ4v) is 3.41. The molecule has 140 valence electrons. The highest BCUT2D eigenvalue weighted by Crippen LogP contribution is 2.16. The topological polar surface area (TPSA) is 64.0 Å². The molecule has 0 unspecified atom stereocenters. The van der Waals surface area contributed by atoms with Crippen molar-refractivity contribution in [3.05, 3.63) is 70.0 Å². The summed E-state index contributed by atoms with van der Waals surface area (Å²) < 4.78 is 28.5. The molecule has 8 heteroatoms. The molecule has 5 nitrogen and oxygen atoms in total. The lowest BCUT2D eigenvalue weighted by atomic mass is 10.1. The highest BCUT2D eigenvalue weighted by atomic mass is 32.2. The van der Waals surface area contributed by atoms with Gasteiger partial charge in [-0.2, -0.15) is 0 Å². The molecule has 0 spiro atoms. The van der Waals surface area contributed by atoms with Crippen LogP contribution in [0.5, 0.6) is 0 Å². The normalized spacial score (nSPS) is 10.9. The molecule has 0 saturated heterocycles. The van der Waals surface area contributed by atoms with Gasteiger partial charge in [-0.3, -0.25) is 14.2 Å². The van der Waals surface area contributed by atoms with Gasteiger partial charge < -0.3 is 5.32 Å². The summed E-state index contributed by atoms with van der Waals surface area (Å²) in [5.74, 6) is -1.53. The Hall–Kier alpha value is -2.74. The smallest absolute Gasteiger partial charge is 0.261 e. The van der Waals surface area contributed by atoms with Crippen molar-refractivity contribution < 1.29 is 13.6 Å². The molecule has 0 aliphatic heterocycles. The van der Waals surface area contributed by atoms with Gasteiger partial charge in [0.2, 0.25) is 5.91 Å². The number of rotatable bonds is 6. The maximum Gasteiger partial charge on any atom is 0.261 e. The summed E-state index contributed by atoms with van der Waals surface area (Å²) in [6.45, 7) is 0.112. The van der Waals surface area contributed by atoms with E-state index in [9.17, 15) is 18.4 Å². The SMILES string of the molecule is Cn1c(SCC(=O)NCCc2c(F)cccc2F)nc2ccccc2c1=O. The van der Waals surface area contributed by atoms with Crippen LogP contribution < -0.4 is 10.9 Å². The van der Waals surface area contributed by atoms with E-state index in [1.807, 2.05) is 0 Å². The van der Waals surface area contributed by atoms with Crippen molar-refractivity contribution in [1.82, 2.24) is 14.9 Å². The van der Waals surface area contributed by atoms with Gasteiger partial charge in [-0.05, 0) is 30.7 Å². The summed E-state index contributed by atoms with van der Waals surface area (Å²) in [6.07, 6.45) is 0.0572. The molecule has 1 N–H and O–H groups in total. The molecule has 3 aromatic rings. The third-order valence-corrected chi connectivity index (χ3v) is 5.06. The van der Waals surface area contributed by atoms with Crippen LogP contribution in [0.25, 0.3) is 10.9 Å². The zero-order chi connectivity index (χ0) is 19.4. The number of amides is 1. The van der Waals surface area contributed by atoms with Crippen LogP contribution in [0.15, 0.2) is 52.4 Å². The second kappa shape index (κ2) is 8.30. The van der Waals surface area contributed by atoms with E-state index in [1.54, 1.807) is 31.3 Å². The summed E-state index contributed by atoms with van der Waals surface area (Å²) in [4.78, 5) is 28.7. The third kappa shape index (κ3) is 4.33. The second-order valence-corrected chi connectivity index (χ2v) is 6.81. The average Bonchev–Trinajstić information content (AvgIpc) is 2.66. The first-order valence-corrected chi connectivity index (χ1v) is 9.24. The van der Waals surface area contributed by atoms with Crippen LogP contribution in [-0.4, -0.2) is 27.8 Å². The fourth-order valence-electron chi connectivity index (χ4n) is 2.61. The van der Waals surface area contributed by atoms with Crippen LogP contribution in [-0.2, 0) is 18.3 Å². The number of nitrogens with one attached hydrogen (secondary N) is 1. The van der Waals surface area contributed by atoms with E-state index in [0.717, 1.165) is 11.8 Å². The zero-order valence-corrected chi connectivity index (χ0v) is 15.4. The molecule has 1 heterocycles. The number of thioether (sulfide) groups is 1. The fraction of sp³-hybridized carbons (Fsp3) is 0.211. The minimum absolute atomic E-state index is 0.0401. The van der Waals surface area contributed by atoms with Gasteiger partial charge in [0.05, 0.1) is 16.7 Å². The molecule has 0 aliphatic carbocycles. The minimum atomic E-state index is -0.631. The number of carbonyl (C=O) groups is 1. The van der Waals surface area contributed by atoms with Crippen molar-refractivity contribution in [3.63, 3.8) is 0 Å². The molecule has 3 rings (SSSR count). The molecule has 0 fully saturated rings. The first kappa shape index (κ1) is 19.0. The highest BCUT2D eigenvalue weighted by molar-refractivity contribution is 7.99. The standard InChI is InChI=1S/C19H17F2N3O2S/c1-24-18(26)13-5-2-3-8-16(13)23-19(24)27-11-17(25)22-10-9-12-14(20)6-4-7-15(12)21/h2-8H,9-11H2,1H3,(H,22,25). The summed E-state index contributed by atoms with van der Waals surface area (Å²) in [5.41, 5.74) is 0.334. The average molecular weight is 389 g/mol. The number of carbonyl (C=O) groups excluding carboxylic acids is 1. The Labute approximate surface area is 158 Å². The predicted octanol–water partition coefficient (Wildman–Crippen LogP) is 2.66. The van der Waals surface area contributed by atoms with Crippen LogP contribution in [0.1, 0.15) is 5.56 Å². The summed E-state index contributed by atoms with van der Waals surface area (Å²) >= 11 is 1.13. The van der Waals surface area contributed by atoms with E-state index in [2.05, 4.69) is 10.3 Å². The number of hydrogen-bond donors (Lipinski definition) is 1. The molecule has 2 aromatic carbocycles. The maximum absolute atomic E-state index is 13.6. The zero-order valence-electron chi connectivity index (χ0n) is 14.5. The van der Waals surface area contributed by atoms with Gasteiger partial charge in [0.1, 0.15) is 11.6 Å². The molecular formula is C19H17F2N3O2S. The van der Waals surface area contributed by atoms with E-state index in [0.29, 0.717) is 16.1 Å². The Morgan fingerprint density at radius 2 is 1.85 bits per heavy atom. The van der Waals surface area contributed by atoms with Crippen molar-refractivity contribution in [1.29, 1.82) is 0 Å². The van der Waals surface area contributed by atoms with Gasteiger partial charge >= 0.3 is 0 Å². The first-order valence-electron chi connectivity index (χ1n) is 8.25. The lowest BCUT2D eigenvalue weighted by Crippen LogP contribution is -2.28. The van der Waals surface area contributed by atoms with Crippen molar-refractivity contribution in [2.45, 2.75) is 11.6 Å². The molecule has 1 aromatic heterocycles. The number of aromatic nitrogens is 2. The van der Waals surface area contributed by atoms with Crippen molar-refractivity contribution in [2.75, 3.05) is 12.3 Å². The molecule has 27 heavy (non-hydrogen) atoms. The molecule has 0 atom stereocenters. The number of benzene rings is 2. The Bertz CT molecular complexity index is 1030.